The van der Waals surface area contributed by atoms with E-state index in [0.717, 1.165) is 30.8 Å². The summed E-state index contributed by atoms with van der Waals surface area (Å²) in [5.74, 6) is 2.41. The van der Waals surface area contributed by atoms with E-state index in [1.165, 1.54) is 12.8 Å². The van der Waals surface area contributed by atoms with Crippen molar-refractivity contribution in [1.82, 2.24) is 5.32 Å². The van der Waals surface area contributed by atoms with Gasteiger partial charge in [0.1, 0.15) is 19.0 Å². The number of rotatable bonds is 2. The van der Waals surface area contributed by atoms with Gasteiger partial charge in [0.15, 0.2) is 11.5 Å². The molecule has 1 aromatic carbocycles. The first-order valence-electron chi connectivity index (χ1n) is 6.65. The molecule has 1 aromatic rings. The molecule has 2 aliphatic heterocycles. The van der Waals surface area contributed by atoms with Gasteiger partial charge in [-0.15, -0.1) is 0 Å². The zero-order valence-electron chi connectivity index (χ0n) is 10.4. The maximum absolute atomic E-state index is 10.0. The van der Waals surface area contributed by atoms with E-state index in [1.807, 2.05) is 6.07 Å². The Morgan fingerprint density at radius 3 is 2.50 bits per heavy atom. The first-order valence-corrected chi connectivity index (χ1v) is 6.65. The largest absolute Gasteiger partial charge is 0.508 e. The van der Waals surface area contributed by atoms with Crippen LogP contribution in [0.3, 0.4) is 0 Å². The van der Waals surface area contributed by atoms with Crippen LogP contribution in [-0.2, 0) is 6.42 Å². The quantitative estimate of drug-likeness (QED) is 0.837. The lowest BCUT2D eigenvalue weighted by Crippen LogP contribution is -2.28. The summed E-state index contributed by atoms with van der Waals surface area (Å²) in [6.07, 6.45) is 3.27. The standard InChI is InChI=1S/C14H19NO3/c16-12-9-14-13(17-5-6-18-14)8-11(12)7-10-1-3-15-4-2-10/h8-10,15-16H,1-7H2. The SMILES string of the molecule is Oc1cc2c(cc1CC1CCNCC1)OCCO2. The Hall–Kier alpha value is -1.42. The molecule has 2 heterocycles. The first kappa shape index (κ1) is 11.7. The number of aromatic hydroxyl groups is 1. The smallest absolute Gasteiger partial charge is 0.165 e. The van der Waals surface area contributed by atoms with Gasteiger partial charge in [0.2, 0.25) is 0 Å². The average Bonchev–Trinajstić information content (AvgIpc) is 2.41. The molecule has 18 heavy (non-hydrogen) atoms. The summed E-state index contributed by atoms with van der Waals surface area (Å²) in [6.45, 7) is 3.30. The highest BCUT2D eigenvalue weighted by atomic mass is 16.6. The summed E-state index contributed by atoms with van der Waals surface area (Å²) in [6, 6.07) is 3.62. The van der Waals surface area contributed by atoms with Gasteiger partial charge in [0.05, 0.1) is 0 Å². The van der Waals surface area contributed by atoms with E-state index >= 15 is 0 Å². The van der Waals surface area contributed by atoms with Crippen LogP contribution in [0.1, 0.15) is 18.4 Å². The predicted octanol–water partition coefficient (Wildman–Crippen LogP) is 1.71. The van der Waals surface area contributed by atoms with Crippen LogP contribution >= 0.6 is 0 Å². The molecule has 2 N–H and O–H groups in total. The first-order chi connectivity index (χ1) is 8.83. The summed E-state index contributed by atoms with van der Waals surface area (Å²) in [5, 5.41) is 13.4. The van der Waals surface area contributed by atoms with E-state index < -0.39 is 0 Å². The minimum absolute atomic E-state index is 0.331. The van der Waals surface area contributed by atoms with Crippen LogP contribution < -0.4 is 14.8 Å². The van der Waals surface area contributed by atoms with E-state index in [4.69, 9.17) is 9.47 Å². The van der Waals surface area contributed by atoms with Gasteiger partial charge >= 0.3 is 0 Å². The summed E-state index contributed by atoms with van der Waals surface area (Å²) in [7, 11) is 0. The van der Waals surface area contributed by atoms with E-state index in [0.29, 0.717) is 30.6 Å². The third kappa shape index (κ3) is 2.38. The van der Waals surface area contributed by atoms with Crippen molar-refractivity contribution >= 4 is 0 Å². The minimum atomic E-state index is 0.331. The Morgan fingerprint density at radius 1 is 1.11 bits per heavy atom. The number of piperidine rings is 1. The fraction of sp³-hybridized carbons (Fsp3) is 0.571. The zero-order valence-corrected chi connectivity index (χ0v) is 10.4. The van der Waals surface area contributed by atoms with Crippen molar-refractivity contribution in [1.29, 1.82) is 0 Å². The van der Waals surface area contributed by atoms with Gasteiger partial charge in [-0.25, -0.2) is 0 Å². The van der Waals surface area contributed by atoms with Crippen LogP contribution in [0.2, 0.25) is 0 Å². The number of phenolic OH excluding ortho intramolecular Hbond substituents is 1. The average molecular weight is 249 g/mol. The molecule has 2 aliphatic rings. The van der Waals surface area contributed by atoms with Crippen molar-refractivity contribution in [2.45, 2.75) is 19.3 Å². The molecule has 0 saturated carbocycles. The molecule has 1 fully saturated rings. The van der Waals surface area contributed by atoms with E-state index in [1.54, 1.807) is 6.07 Å². The Morgan fingerprint density at radius 2 is 1.78 bits per heavy atom. The number of ether oxygens (including phenoxy) is 2. The van der Waals surface area contributed by atoms with Crippen molar-refractivity contribution in [2.75, 3.05) is 26.3 Å². The van der Waals surface area contributed by atoms with Crippen LogP contribution in [0.15, 0.2) is 12.1 Å². The van der Waals surface area contributed by atoms with Gasteiger partial charge in [0.25, 0.3) is 0 Å². The molecule has 0 aliphatic carbocycles. The van der Waals surface area contributed by atoms with Crippen molar-refractivity contribution in [3.05, 3.63) is 17.7 Å². The van der Waals surface area contributed by atoms with Gasteiger partial charge < -0.3 is 19.9 Å². The molecule has 4 nitrogen and oxygen atoms in total. The maximum atomic E-state index is 10.0. The topological polar surface area (TPSA) is 50.7 Å². The Bertz CT molecular complexity index is 427. The molecule has 0 bridgehead atoms. The predicted molar refractivity (Wildman–Crippen MR) is 68.4 cm³/mol. The minimum Gasteiger partial charge on any atom is -0.508 e. The molecule has 0 spiro atoms. The lowest BCUT2D eigenvalue weighted by Gasteiger charge is -2.24. The normalized spacial score (nSPS) is 19.8. The molecular weight excluding hydrogens is 230 g/mol. The number of hydrogen-bond donors (Lipinski definition) is 2. The van der Waals surface area contributed by atoms with E-state index in [9.17, 15) is 5.11 Å². The Labute approximate surface area is 107 Å². The molecule has 1 saturated heterocycles. The summed E-state index contributed by atoms with van der Waals surface area (Å²) in [5.41, 5.74) is 0.978. The Balaban J connectivity index is 1.78. The van der Waals surface area contributed by atoms with Gasteiger partial charge in [0, 0.05) is 6.07 Å². The fourth-order valence-electron chi connectivity index (χ4n) is 2.68. The van der Waals surface area contributed by atoms with Crippen LogP contribution in [0, 0.1) is 5.92 Å². The molecule has 4 heteroatoms. The summed E-state index contributed by atoms with van der Waals surface area (Å²) < 4.78 is 11.0. The molecule has 0 unspecified atom stereocenters. The summed E-state index contributed by atoms with van der Waals surface area (Å²) in [4.78, 5) is 0. The second kappa shape index (κ2) is 5.06. The number of fused-ring (bicyclic) bond motifs is 1. The molecule has 0 amide bonds. The van der Waals surface area contributed by atoms with Crippen molar-refractivity contribution in [2.24, 2.45) is 5.92 Å². The maximum Gasteiger partial charge on any atom is 0.165 e. The summed E-state index contributed by atoms with van der Waals surface area (Å²) >= 11 is 0. The third-order valence-electron chi connectivity index (χ3n) is 3.71. The molecule has 0 atom stereocenters. The number of benzene rings is 1. The molecule has 98 valence electrons. The Kier molecular flexibility index (Phi) is 3.28. The van der Waals surface area contributed by atoms with Gasteiger partial charge in [-0.1, -0.05) is 0 Å². The second-order valence-corrected chi connectivity index (χ2v) is 5.02. The van der Waals surface area contributed by atoms with E-state index in [2.05, 4.69) is 5.32 Å². The van der Waals surface area contributed by atoms with Crippen LogP contribution in [0.4, 0.5) is 0 Å². The van der Waals surface area contributed by atoms with Gasteiger partial charge in [-0.3, -0.25) is 0 Å². The number of hydrogen-bond acceptors (Lipinski definition) is 4. The molecule has 0 aromatic heterocycles. The van der Waals surface area contributed by atoms with Crippen LogP contribution in [-0.4, -0.2) is 31.4 Å². The lowest BCUT2D eigenvalue weighted by molar-refractivity contribution is 0.170. The fourth-order valence-corrected chi connectivity index (χ4v) is 2.68. The lowest BCUT2D eigenvalue weighted by atomic mass is 9.90. The number of phenols is 1. The van der Waals surface area contributed by atoms with Crippen molar-refractivity contribution in [3.63, 3.8) is 0 Å². The van der Waals surface area contributed by atoms with Gasteiger partial charge in [-0.2, -0.15) is 0 Å². The van der Waals surface area contributed by atoms with Crippen LogP contribution in [0.5, 0.6) is 17.2 Å². The molecule has 3 rings (SSSR count). The van der Waals surface area contributed by atoms with Crippen LogP contribution in [0.25, 0.3) is 0 Å². The number of nitrogens with one attached hydrogen (secondary N) is 1. The monoisotopic (exact) mass is 249 g/mol. The zero-order chi connectivity index (χ0) is 12.4. The second-order valence-electron chi connectivity index (χ2n) is 5.02. The van der Waals surface area contributed by atoms with Crippen molar-refractivity contribution < 1.29 is 14.6 Å². The van der Waals surface area contributed by atoms with E-state index in [-0.39, 0.29) is 0 Å². The molecule has 0 radical (unpaired) electrons. The highest BCUT2D eigenvalue weighted by Crippen LogP contribution is 2.37. The highest BCUT2D eigenvalue weighted by Gasteiger charge is 2.19. The van der Waals surface area contributed by atoms with Gasteiger partial charge in [-0.05, 0) is 49.9 Å². The van der Waals surface area contributed by atoms with Crippen molar-refractivity contribution in [3.8, 4) is 17.2 Å². The molecular formula is C14H19NO3. The third-order valence-corrected chi connectivity index (χ3v) is 3.71. The highest BCUT2D eigenvalue weighted by molar-refractivity contribution is 5.50.